The van der Waals surface area contributed by atoms with E-state index in [2.05, 4.69) is 0 Å². The Balaban J connectivity index is 1.83. The topological polar surface area (TPSA) is 66.6 Å². The van der Waals surface area contributed by atoms with Gasteiger partial charge in [-0.3, -0.25) is 4.79 Å². The average Bonchev–Trinajstić information content (AvgIpc) is 2.39. The second-order valence-electron chi connectivity index (χ2n) is 4.99. The van der Waals surface area contributed by atoms with Gasteiger partial charge in [-0.25, -0.2) is 4.79 Å². The van der Waals surface area contributed by atoms with Gasteiger partial charge in [-0.2, -0.15) is 0 Å². The number of nitrogens with two attached hydrogens (primary N) is 1. The van der Waals surface area contributed by atoms with Gasteiger partial charge >= 0.3 is 6.03 Å². The highest BCUT2D eigenvalue weighted by molar-refractivity contribution is 5.79. The highest BCUT2D eigenvalue weighted by Gasteiger charge is 2.28. The Hall–Kier alpha value is -1.26. The van der Waals surface area contributed by atoms with Gasteiger partial charge in [0.25, 0.3) is 0 Å². The van der Waals surface area contributed by atoms with E-state index in [4.69, 9.17) is 5.73 Å². The predicted octanol–water partition coefficient (Wildman–Crippen LogP) is 0.790. The van der Waals surface area contributed by atoms with E-state index in [9.17, 15) is 9.59 Å². The molecule has 0 aromatic carbocycles. The molecular weight excluding hydrogens is 218 g/mol. The van der Waals surface area contributed by atoms with Gasteiger partial charge in [-0.1, -0.05) is 19.3 Å². The number of nitrogens with zero attached hydrogens (tertiary/aromatic N) is 2. The van der Waals surface area contributed by atoms with E-state index in [0.29, 0.717) is 26.2 Å². The monoisotopic (exact) mass is 239 g/mol. The first-order valence-electron chi connectivity index (χ1n) is 6.51. The lowest BCUT2D eigenvalue weighted by Gasteiger charge is -2.36. The van der Waals surface area contributed by atoms with E-state index in [1.165, 1.54) is 19.3 Å². The van der Waals surface area contributed by atoms with Crippen LogP contribution in [0.1, 0.15) is 32.1 Å². The predicted molar refractivity (Wildman–Crippen MR) is 64.3 cm³/mol. The number of carbonyl (C=O) groups excluding carboxylic acids is 2. The van der Waals surface area contributed by atoms with Crippen LogP contribution >= 0.6 is 0 Å². The molecule has 0 radical (unpaired) electrons. The maximum Gasteiger partial charge on any atom is 0.314 e. The fourth-order valence-corrected chi connectivity index (χ4v) is 2.75. The molecule has 0 spiro atoms. The summed E-state index contributed by atoms with van der Waals surface area (Å²) in [6, 6.07) is -0.380. The van der Waals surface area contributed by atoms with Crippen LogP contribution in [0.15, 0.2) is 0 Å². The SMILES string of the molecule is NC(=O)N1CCN(C(=O)C2CCCCC2)CC1. The van der Waals surface area contributed by atoms with E-state index in [0.717, 1.165) is 12.8 Å². The molecule has 2 aliphatic rings. The molecule has 2 fully saturated rings. The minimum atomic E-state index is -0.380. The molecule has 1 saturated heterocycles. The zero-order chi connectivity index (χ0) is 12.3. The average molecular weight is 239 g/mol. The highest BCUT2D eigenvalue weighted by Crippen LogP contribution is 2.25. The molecule has 5 nitrogen and oxygen atoms in total. The van der Waals surface area contributed by atoms with Crippen LogP contribution in [0.25, 0.3) is 0 Å². The third kappa shape index (κ3) is 2.90. The molecule has 17 heavy (non-hydrogen) atoms. The molecule has 5 heteroatoms. The quantitative estimate of drug-likeness (QED) is 0.735. The summed E-state index contributed by atoms with van der Waals surface area (Å²) >= 11 is 0. The summed E-state index contributed by atoms with van der Waals surface area (Å²) in [6.07, 6.45) is 5.69. The van der Waals surface area contributed by atoms with Crippen LogP contribution in [-0.2, 0) is 4.79 Å². The van der Waals surface area contributed by atoms with Crippen molar-refractivity contribution in [2.24, 2.45) is 11.7 Å². The van der Waals surface area contributed by atoms with Crippen molar-refractivity contribution < 1.29 is 9.59 Å². The summed E-state index contributed by atoms with van der Waals surface area (Å²) in [5, 5.41) is 0. The molecule has 96 valence electrons. The Morgan fingerprint density at radius 2 is 1.41 bits per heavy atom. The Kier molecular flexibility index (Phi) is 3.86. The Morgan fingerprint density at radius 1 is 0.882 bits per heavy atom. The van der Waals surface area contributed by atoms with E-state index in [1.807, 2.05) is 4.90 Å². The fourth-order valence-electron chi connectivity index (χ4n) is 2.75. The van der Waals surface area contributed by atoms with Crippen LogP contribution in [0.4, 0.5) is 4.79 Å². The van der Waals surface area contributed by atoms with Gasteiger partial charge in [0.1, 0.15) is 0 Å². The molecule has 1 heterocycles. The number of carbonyl (C=O) groups is 2. The third-order valence-electron chi connectivity index (χ3n) is 3.86. The van der Waals surface area contributed by atoms with Gasteiger partial charge in [0.05, 0.1) is 0 Å². The first-order valence-corrected chi connectivity index (χ1v) is 6.51. The van der Waals surface area contributed by atoms with Crippen LogP contribution in [-0.4, -0.2) is 47.9 Å². The van der Waals surface area contributed by atoms with Gasteiger partial charge in [-0.05, 0) is 12.8 Å². The number of hydrogen-bond donors (Lipinski definition) is 1. The van der Waals surface area contributed by atoms with Crippen LogP contribution in [0.5, 0.6) is 0 Å². The molecule has 0 unspecified atom stereocenters. The summed E-state index contributed by atoms with van der Waals surface area (Å²) < 4.78 is 0. The summed E-state index contributed by atoms with van der Waals surface area (Å²) in [6.45, 7) is 2.43. The molecule has 3 amide bonds. The molecule has 0 atom stereocenters. The van der Waals surface area contributed by atoms with Crippen molar-refractivity contribution in [2.45, 2.75) is 32.1 Å². The molecule has 1 saturated carbocycles. The van der Waals surface area contributed by atoms with E-state index in [-0.39, 0.29) is 17.9 Å². The van der Waals surface area contributed by atoms with E-state index < -0.39 is 0 Å². The van der Waals surface area contributed by atoms with E-state index in [1.54, 1.807) is 4.90 Å². The molecule has 0 bridgehead atoms. The van der Waals surface area contributed by atoms with Crippen molar-refractivity contribution in [3.63, 3.8) is 0 Å². The maximum atomic E-state index is 12.2. The minimum Gasteiger partial charge on any atom is -0.351 e. The van der Waals surface area contributed by atoms with Crippen molar-refractivity contribution in [3.05, 3.63) is 0 Å². The zero-order valence-corrected chi connectivity index (χ0v) is 10.2. The number of hydrogen-bond acceptors (Lipinski definition) is 2. The Bertz CT molecular complexity index is 292. The van der Waals surface area contributed by atoms with Gasteiger partial charge in [0.2, 0.25) is 5.91 Å². The summed E-state index contributed by atoms with van der Waals surface area (Å²) in [4.78, 5) is 26.7. The van der Waals surface area contributed by atoms with Gasteiger partial charge in [-0.15, -0.1) is 0 Å². The Labute approximate surface area is 102 Å². The maximum absolute atomic E-state index is 12.2. The highest BCUT2D eigenvalue weighted by atomic mass is 16.2. The molecular formula is C12H21N3O2. The number of rotatable bonds is 1. The van der Waals surface area contributed by atoms with Crippen molar-refractivity contribution in [1.29, 1.82) is 0 Å². The van der Waals surface area contributed by atoms with Crippen molar-refractivity contribution in [2.75, 3.05) is 26.2 Å². The second kappa shape index (κ2) is 5.38. The smallest absolute Gasteiger partial charge is 0.314 e. The van der Waals surface area contributed by atoms with E-state index >= 15 is 0 Å². The van der Waals surface area contributed by atoms with Gasteiger partial charge in [0.15, 0.2) is 0 Å². The van der Waals surface area contributed by atoms with Crippen LogP contribution in [0, 0.1) is 5.92 Å². The number of amides is 3. The second-order valence-corrected chi connectivity index (χ2v) is 4.99. The standard InChI is InChI=1S/C12H21N3O2/c13-12(17)15-8-6-14(7-9-15)11(16)10-4-2-1-3-5-10/h10H,1-9H2,(H2,13,17). The van der Waals surface area contributed by atoms with Crippen molar-refractivity contribution in [3.8, 4) is 0 Å². The first-order chi connectivity index (χ1) is 8.18. The third-order valence-corrected chi connectivity index (χ3v) is 3.86. The molecule has 2 N–H and O–H groups in total. The van der Waals surface area contributed by atoms with Gasteiger partial charge in [0, 0.05) is 32.1 Å². The molecule has 0 aromatic heterocycles. The fraction of sp³-hybridized carbons (Fsp3) is 0.833. The Morgan fingerprint density at radius 3 is 1.94 bits per heavy atom. The number of piperazine rings is 1. The number of urea groups is 1. The number of primary amides is 1. The summed E-state index contributed by atoms with van der Waals surface area (Å²) in [5.41, 5.74) is 5.22. The summed E-state index contributed by atoms with van der Waals surface area (Å²) in [7, 11) is 0. The minimum absolute atomic E-state index is 0.226. The van der Waals surface area contributed by atoms with Crippen LogP contribution in [0.2, 0.25) is 0 Å². The summed E-state index contributed by atoms with van der Waals surface area (Å²) in [5.74, 6) is 0.512. The van der Waals surface area contributed by atoms with Crippen molar-refractivity contribution >= 4 is 11.9 Å². The lowest BCUT2D eigenvalue weighted by atomic mass is 9.88. The van der Waals surface area contributed by atoms with Crippen LogP contribution in [0.3, 0.4) is 0 Å². The molecule has 2 rings (SSSR count). The largest absolute Gasteiger partial charge is 0.351 e. The lowest BCUT2D eigenvalue weighted by molar-refractivity contribution is -0.138. The zero-order valence-electron chi connectivity index (χ0n) is 10.2. The molecule has 0 aromatic rings. The molecule has 1 aliphatic heterocycles. The molecule has 1 aliphatic carbocycles. The lowest BCUT2D eigenvalue weighted by Crippen LogP contribution is -2.53. The first kappa shape index (κ1) is 12.2. The van der Waals surface area contributed by atoms with Crippen LogP contribution < -0.4 is 5.73 Å². The van der Waals surface area contributed by atoms with Crippen molar-refractivity contribution in [1.82, 2.24) is 9.80 Å². The normalized spacial score (nSPS) is 22.6. The van der Waals surface area contributed by atoms with Gasteiger partial charge < -0.3 is 15.5 Å².